The van der Waals surface area contributed by atoms with Crippen molar-refractivity contribution in [2.45, 2.75) is 24.9 Å². The van der Waals surface area contributed by atoms with E-state index in [1.165, 1.54) is 17.7 Å². The van der Waals surface area contributed by atoms with Crippen LogP contribution in [0.2, 0.25) is 0 Å². The van der Waals surface area contributed by atoms with E-state index in [2.05, 4.69) is 17.0 Å². The third-order valence-electron chi connectivity index (χ3n) is 5.42. The number of rotatable bonds is 3. The second kappa shape index (κ2) is 7.46. The number of benzene rings is 2. The first-order chi connectivity index (χ1) is 13.5. The molecule has 0 N–H and O–H groups in total. The van der Waals surface area contributed by atoms with E-state index < -0.39 is 11.7 Å². The van der Waals surface area contributed by atoms with Crippen LogP contribution in [0.3, 0.4) is 0 Å². The van der Waals surface area contributed by atoms with Crippen LogP contribution in [0.5, 0.6) is 0 Å². The Kier molecular flexibility index (Phi) is 5.00. The summed E-state index contributed by atoms with van der Waals surface area (Å²) in [6, 6.07) is 15.5. The molecule has 4 nitrogen and oxygen atoms in total. The highest BCUT2D eigenvalue weighted by molar-refractivity contribution is 5.60. The molecule has 2 atom stereocenters. The summed E-state index contributed by atoms with van der Waals surface area (Å²) >= 11 is 0. The average molecular weight is 387 g/mol. The minimum absolute atomic E-state index is 0.0146. The van der Waals surface area contributed by atoms with Crippen LogP contribution in [0.4, 0.5) is 18.9 Å². The van der Waals surface area contributed by atoms with Crippen LogP contribution in [0, 0.1) is 11.3 Å². The number of fused-ring (bicyclic) bond motifs is 1. The average Bonchev–Trinajstić information content (AvgIpc) is 3.13. The molecule has 7 heteroatoms. The molecule has 0 saturated carbocycles. The Hall–Kier alpha value is -2.56. The Morgan fingerprint density at radius 2 is 1.89 bits per heavy atom. The summed E-state index contributed by atoms with van der Waals surface area (Å²) in [7, 11) is 0. The third-order valence-corrected chi connectivity index (χ3v) is 5.42. The number of morpholine rings is 1. The lowest BCUT2D eigenvalue weighted by Gasteiger charge is -2.36. The normalized spacial score (nSPS) is 22.7. The van der Waals surface area contributed by atoms with Crippen molar-refractivity contribution in [3.05, 3.63) is 65.2 Å². The largest absolute Gasteiger partial charge is 0.418 e. The number of alkyl halides is 3. The first-order valence-corrected chi connectivity index (χ1v) is 9.21. The minimum atomic E-state index is -4.47. The van der Waals surface area contributed by atoms with Crippen LogP contribution in [-0.2, 0) is 17.5 Å². The van der Waals surface area contributed by atoms with Crippen LogP contribution in [-0.4, -0.2) is 43.3 Å². The topological polar surface area (TPSA) is 39.5 Å². The fourth-order valence-electron chi connectivity index (χ4n) is 4.07. The van der Waals surface area contributed by atoms with Gasteiger partial charge in [-0.05, 0) is 23.8 Å². The highest BCUT2D eigenvalue weighted by atomic mass is 19.4. The lowest BCUT2D eigenvalue weighted by Crippen LogP contribution is -2.50. The predicted molar refractivity (Wildman–Crippen MR) is 98.8 cm³/mol. The molecule has 28 heavy (non-hydrogen) atoms. The second-order valence-electron chi connectivity index (χ2n) is 7.18. The Morgan fingerprint density at radius 1 is 1.11 bits per heavy atom. The van der Waals surface area contributed by atoms with E-state index >= 15 is 0 Å². The van der Waals surface area contributed by atoms with Crippen molar-refractivity contribution >= 4 is 5.69 Å². The molecule has 0 aromatic heterocycles. The van der Waals surface area contributed by atoms with Gasteiger partial charge in [-0.3, -0.25) is 4.90 Å². The molecule has 146 valence electrons. The number of nitriles is 1. The van der Waals surface area contributed by atoms with E-state index in [0.29, 0.717) is 19.7 Å². The molecule has 2 aliphatic heterocycles. The molecule has 2 saturated heterocycles. The van der Waals surface area contributed by atoms with Crippen molar-refractivity contribution < 1.29 is 17.9 Å². The van der Waals surface area contributed by atoms with Gasteiger partial charge in [0.05, 0.1) is 41.6 Å². The predicted octanol–water partition coefficient (Wildman–Crippen LogP) is 3.67. The summed E-state index contributed by atoms with van der Waals surface area (Å²) in [5, 5.41) is 9.13. The maximum atomic E-state index is 13.5. The minimum Gasteiger partial charge on any atom is -0.373 e. The van der Waals surface area contributed by atoms with Crippen LogP contribution < -0.4 is 4.90 Å². The van der Waals surface area contributed by atoms with Gasteiger partial charge < -0.3 is 9.64 Å². The van der Waals surface area contributed by atoms with Gasteiger partial charge in [-0.25, -0.2) is 0 Å². The summed E-state index contributed by atoms with van der Waals surface area (Å²) < 4.78 is 46.4. The summed E-state index contributed by atoms with van der Waals surface area (Å²) in [5.74, 6) is 0. The van der Waals surface area contributed by atoms with Gasteiger partial charge in [0.15, 0.2) is 0 Å². The maximum Gasteiger partial charge on any atom is 0.418 e. The Balaban J connectivity index is 1.60. The molecule has 4 rings (SSSR count). The summed E-state index contributed by atoms with van der Waals surface area (Å²) in [6.07, 6.45) is -4.62. The van der Waals surface area contributed by atoms with Gasteiger partial charge in [-0.15, -0.1) is 0 Å². The van der Waals surface area contributed by atoms with Gasteiger partial charge in [-0.2, -0.15) is 18.4 Å². The number of halogens is 3. The molecular formula is C21H20F3N3O. The van der Waals surface area contributed by atoms with Crippen molar-refractivity contribution in [2.24, 2.45) is 0 Å². The number of hydrogen-bond acceptors (Lipinski definition) is 4. The molecule has 0 spiro atoms. The van der Waals surface area contributed by atoms with E-state index in [1.807, 2.05) is 24.3 Å². The van der Waals surface area contributed by atoms with Gasteiger partial charge >= 0.3 is 6.18 Å². The maximum absolute atomic E-state index is 13.5. The number of hydrogen-bond donors (Lipinski definition) is 0. The Labute approximate surface area is 161 Å². The van der Waals surface area contributed by atoms with Crippen molar-refractivity contribution in [1.82, 2.24) is 4.90 Å². The lowest BCUT2D eigenvalue weighted by atomic mass is 10.1. The molecule has 2 aromatic rings. The zero-order valence-electron chi connectivity index (χ0n) is 15.2. The molecule has 2 aromatic carbocycles. The van der Waals surface area contributed by atoms with Crippen LogP contribution in [0.1, 0.15) is 16.7 Å². The smallest absolute Gasteiger partial charge is 0.373 e. The van der Waals surface area contributed by atoms with E-state index in [4.69, 9.17) is 10.00 Å². The first-order valence-electron chi connectivity index (χ1n) is 9.21. The molecular weight excluding hydrogens is 367 g/mol. The van der Waals surface area contributed by atoms with Gasteiger partial charge in [0.2, 0.25) is 0 Å². The fourth-order valence-corrected chi connectivity index (χ4v) is 4.07. The highest BCUT2D eigenvalue weighted by Crippen LogP contribution is 2.39. The molecule has 2 unspecified atom stereocenters. The zero-order chi connectivity index (χ0) is 19.7. The van der Waals surface area contributed by atoms with Crippen molar-refractivity contribution in [1.29, 1.82) is 5.26 Å². The molecule has 0 aliphatic carbocycles. The van der Waals surface area contributed by atoms with Gasteiger partial charge in [0.25, 0.3) is 0 Å². The molecule has 0 radical (unpaired) electrons. The number of anilines is 1. The fraction of sp³-hybridized carbons (Fsp3) is 0.381. The van der Waals surface area contributed by atoms with E-state index in [0.717, 1.165) is 19.2 Å². The Morgan fingerprint density at radius 3 is 2.61 bits per heavy atom. The number of nitrogens with zero attached hydrogens (tertiary/aromatic N) is 3. The monoisotopic (exact) mass is 387 g/mol. The van der Waals surface area contributed by atoms with Crippen LogP contribution in [0.25, 0.3) is 0 Å². The highest BCUT2D eigenvalue weighted by Gasteiger charge is 2.43. The van der Waals surface area contributed by atoms with E-state index in [1.54, 1.807) is 4.90 Å². The lowest BCUT2D eigenvalue weighted by molar-refractivity contribution is -0.137. The van der Waals surface area contributed by atoms with Crippen molar-refractivity contribution in [3.8, 4) is 6.07 Å². The van der Waals surface area contributed by atoms with Crippen LogP contribution >= 0.6 is 0 Å². The molecule has 0 amide bonds. The molecule has 2 aliphatic rings. The molecule has 0 bridgehead atoms. The first kappa shape index (κ1) is 18.8. The SMILES string of the molecule is N#Cc1ccc(C(F)(F)F)c(N2CC3OCCN(Cc4ccccc4)C3C2)c1. The molecule has 2 heterocycles. The standard InChI is InChI=1S/C21H20F3N3O/c22-21(23,24)17-7-6-16(11-25)10-18(17)27-13-19-20(14-27)28-9-8-26(19)12-15-4-2-1-3-5-15/h1-7,10,19-20H,8-9,12-14H2. The van der Waals surface area contributed by atoms with Crippen molar-refractivity contribution in [3.63, 3.8) is 0 Å². The zero-order valence-corrected chi connectivity index (χ0v) is 15.2. The van der Waals surface area contributed by atoms with Crippen LogP contribution in [0.15, 0.2) is 48.5 Å². The van der Waals surface area contributed by atoms with E-state index in [-0.39, 0.29) is 23.4 Å². The van der Waals surface area contributed by atoms with Crippen molar-refractivity contribution in [2.75, 3.05) is 31.1 Å². The summed E-state index contributed by atoms with van der Waals surface area (Å²) in [5.41, 5.74) is 0.743. The summed E-state index contributed by atoms with van der Waals surface area (Å²) in [6.45, 7) is 2.87. The third kappa shape index (κ3) is 3.71. The quantitative estimate of drug-likeness (QED) is 0.806. The summed E-state index contributed by atoms with van der Waals surface area (Å²) in [4.78, 5) is 3.99. The van der Waals surface area contributed by atoms with Gasteiger partial charge in [0.1, 0.15) is 0 Å². The van der Waals surface area contributed by atoms with Gasteiger partial charge in [0, 0.05) is 26.2 Å². The molecule has 2 fully saturated rings. The van der Waals surface area contributed by atoms with Gasteiger partial charge in [-0.1, -0.05) is 30.3 Å². The number of ether oxygens (including phenoxy) is 1. The second-order valence-corrected chi connectivity index (χ2v) is 7.18. The Bertz CT molecular complexity index is 879. The van der Waals surface area contributed by atoms with E-state index in [9.17, 15) is 13.2 Å².